The summed E-state index contributed by atoms with van der Waals surface area (Å²) in [5.41, 5.74) is 4.20. The second kappa shape index (κ2) is 19.2. The van der Waals surface area contributed by atoms with Crippen LogP contribution in [0, 0.1) is 0 Å². The summed E-state index contributed by atoms with van der Waals surface area (Å²) in [5.74, 6) is 1.27. The minimum Gasteiger partial charge on any atom is -0.454 e. The van der Waals surface area contributed by atoms with Gasteiger partial charge in [0, 0.05) is 16.7 Å². The fourth-order valence-electron chi connectivity index (χ4n) is 4.41. The van der Waals surface area contributed by atoms with Gasteiger partial charge in [-0.25, -0.2) is 0 Å². The number of hydrogen-bond acceptors (Lipinski definition) is 5. The van der Waals surface area contributed by atoms with Gasteiger partial charge in [0.1, 0.15) is 0 Å². The Bertz CT molecular complexity index is 1170. The number of fused-ring (bicyclic) bond motifs is 1. The molecule has 1 aliphatic rings. The summed E-state index contributed by atoms with van der Waals surface area (Å²) in [7, 11) is 0. The monoisotopic (exact) mass is 690 g/mol. The van der Waals surface area contributed by atoms with Gasteiger partial charge in [-0.05, 0) is 71.5 Å². The summed E-state index contributed by atoms with van der Waals surface area (Å²) in [6, 6.07) is 18.6. The van der Waals surface area contributed by atoms with Crippen LogP contribution in [0.5, 0.6) is 11.5 Å². The van der Waals surface area contributed by atoms with Gasteiger partial charge in [-0.3, -0.25) is 0 Å². The third-order valence-electron chi connectivity index (χ3n) is 6.59. The van der Waals surface area contributed by atoms with Gasteiger partial charge >= 0.3 is 0 Å². The molecule has 0 spiro atoms. The molecule has 0 unspecified atom stereocenters. The van der Waals surface area contributed by atoms with Crippen molar-refractivity contribution in [3.63, 3.8) is 0 Å². The fourth-order valence-corrected chi connectivity index (χ4v) is 5.42. The molecular formula is C33H39Cl5O5. The van der Waals surface area contributed by atoms with E-state index in [1.165, 1.54) is 11.1 Å². The lowest BCUT2D eigenvalue weighted by molar-refractivity contribution is 0.0101. The topological polar surface area (TPSA) is 46.2 Å². The molecule has 43 heavy (non-hydrogen) atoms. The predicted molar refractivity (Wildman–Crippen MR) is 178 cm³/mol. The fraction of sp³-hybridized carbons (Fsp3) is 0.455. The highest BCUT2D eigenvalue weighted by molar-refractivity contribution is 6.68. The molecular weight excluding hydrogens is 654 g/mol. The van der Waals surface area contributed by atoms with Gasteiger partial charge in [0.25, 0.3) is 0 Å². The summed E-state index contributed by atoms with van der Waals surface area (Å²) in [4.78, 5) is 0. The second-order valence-electron chi connectivity index (χ2n) is 9.93. The number of ether oxygens (including phenoxy) is 5. The summed E-state index contributed by atoms with van der Waals surface area (Å²) in [6.07, 6.45) is 4.38. The van der Waals surface area contributed by atoms with E-state index in [0.717, 1.165) is 54.9 Å². The van der Waals surface area contributed by atoms with Crippen LogP contribution in [0.15, 0.2) is 60.7 Å². The largest absolute Gasteiger partial charge is 0.454 e. The standard InChI is InChI=1S/C19H30O5.C14H9Cl5/c1-3-5-7-20-8-9-21-10-11-22-14-17-13-19-18(23-15-24-19)12-16(17)6-4-2;15-11-5-1-9(2-6-11)13(14(17,18)19)10-3-7-12(16)8-4-10/h12-13H,3-11,14-15H2,1-2H3;1-8,13H. The van der Waals surface area contributed by atoms with Crippen molar-refractivity contribution in [2.24, 2.45) is 0 Å². The number of alkyl halides is 3. The van der Waals surface area contributed by atoms with Crippen molar-refractivity contribution in [2.75, 3.05) is 39.8 Å². The molecule has 1 aliphatic heterocycles. The number of unbranched alkanes of at least 4 members (excludes halogenated alkanes) is 1. The second-order valence-corrected chi connectivity index (χ2v) is 13.2. The summed E-state index contributed by atoms with van der Waals surface area (Å²) >= 11 is 30.1. The Hall–Kier alpha value is -1.41. The van der Waals surface area contributed by atoms with Crippen LogP contribution in [0.25, 0.3) is 0 Å². The van der Waals surface area contributed by atoms with E-state index in [0.29, 0.717) is 49.9 Å². The Labute approximate surface area is 280 Å². The average molecular weight is 693 g/mol. The molecule has 0 saturated heterocycles. The lowest BCUT2D eigenvalue weighted by Gasteiger charge is -2.25. The minimum absolute atomic E-state index is 0.305. The van der Waals surface area contributed by atoms with E-state index in [2.05, 4.69) is 19.9 Å². The smallest absolute Gasteiger partial charge is 0.231 e. The first-order chi connectivity index (χ1) is 20.7. The van der Waals surface area contributed by atoms with E-state index >= 15 is 0 Å². The lowest BCUT2D eigenvalue weighted by atomic mass is 9.92. The van der Waals surface area contributed by atoms with Crippen LogP contribution >= 0.6 is 58.0 Å². The van der Waals surface area contributed by atoms with Gasteiger partial charge in [-0.1, -0.05) is 109 Å². The number of hydrogen-bond donors (Lipinski definition) is 0. The van der Waals surface area contributed by atoms with Crippen LogP contribution < -0.4 is 9.47 Å². The van der Waals surface area contributed by atoms with Gasteiger partial charge in [0.05, 0.1) is 39.0 Å². The molecule has 0 saturated carbocycles. The Kier molecular flexibility index (Phi) is 16.1. The highest BCUT2D eigenvalue weighted by Gasteiger charge is 2.35. The van der Waals surface area contributed by atoms with E-state index in [1.807, 2.05) is 30.3 Å². The zero-order valence-corrected chi connectivity index (χ0v) is 28.3. The third-order valence-corrected chi connectivity index (χ3v) is 7.75. The zero-order valence-electron chi connectivity index (χ0n) is 24.6. The molecule has 0 N–H and O–H groups in total. The van der Waals surface area contributed by atoms with Crippen molar-refractivity contribution < 1.29 is 23.7 Å². The van der Waals surface area contributed by atoms with E-state index in [1.54, 1.807) is 24.3 Å². The van der Waals surface area contributed by atoms with Crippen LogP contribution in [0.1, 0.15) is 61.3 Å². The SMILES string of the molecule is CCCCOCCOCCOCc1cc2c(cc1CCC)OCO2.Clc1ccc(C(c2ccc(Cl)cc2)C(Cl)(Cl)Cl)cc1. The molecule has 4 rings (SSSR count). The summed E-state index contributed by atoms with van der Waals surface area (Å²) < 4.78 is 26.2. The Morgan fingerprint density at radius 3 is 1.65 bits per heavy atom. The molecule has 0 aliphatic carbocycles. The molecule has 1 heterocycles. The van der Waals surface area contributed by atoms with Crippen molar-refractivity contribution in [1.82, 2.24) is 0 Å². The molecule has 236 valence electrons. The summed E-state index contributed by atoms with van der Waals surface area (Å²) in [5, 5.41) is 1.28. The van der Waals surface area contributed by atoms with Crippen molar-refractivity contribution in [2.45, 2.75) is 55.8 Å². The van der Waals surface area contributed by atoms with E-state index in [4.69, 9.17) is 81.7 Å². The normalized spacial score (nSPS) is 12.4. The molecule has 0 radical (unpaired) electrons. The van der Waals surface area contributed by atoms with Gasteiger partial charge in [-0.2, -0.15) is 0 Å². The number of halogens is 5. The predicted octanol–water partition coefficient (Wildman–Crippen LogP) is 10.2. The lowest BCUT2D eigenvalue weighted by Crippen LogP contribution is -2.18. The van der Waals surface area contributed by atoms with Crippen molar-refractivity contribution in [1.29, 1.82) is 0 Å². The van der Waals surface area contributed by atoms with Crippen LogP contribution in [-0.4, -0.2) is 43.6 Å². The minimum atomic E-state index is -1.46. The number of aryl methyl sites for hydroxylation is 1. The first kappa shape index (κ1) is 36.1. The molecule has 0 amide bonds. The highest BCUT2D eigenvalue weighted by atomic mass is 35.6. The van der Waals surface area contributed by atoms with E-state index < -0.39 is 3.79 Å². The molecule has 3 aromatic carbocycles. The third kappa shape index (κ3) is 12.5. The Balaban J connectivity index is 0.000000242. The average Bonchev–Trinajstić information content (AvgIpc) is 3.43. The molecule has 0 bridgehead atoms. The summed E-state index contributed by atoms with van der Waals surface area (Å²) in [6.45, 7) is 8.47. The zero-order chi connectivity index (χ0) is 31.1. The van der Waals surface area contributed by atoms with Crippen molar-refractivity contribution in [3.05, 3.63) is 93.0 Å². The van der Waals surface area contributed by atoms with Crippen LogP contribution in [0.3, 0.4) is 0 Å². The first-order valence-electron chi connectivity index (χ1n) is 14.4. The van der Waals surface area contributed by atoms with Crippen LogP contribution in [0.4, 0.5) is 0 Å². The Morgan fingerprint density at radius 2 is 1.16 bits per heavy atom. The number of benzene rings is 3. The maximum absolute atomic E-state index is 6.11. The molecule has 3 aromatic rings. The van der Waals surface area contributed by atoms with Gasteiger partial charge in [0.2, 0.25) is 10.6 Å². The molecule has 0 aromatic heterocycles. The van der Waals surface area contributed by atoms with E-state index in [-0.39, 0.29) is 5.92 Å². The van der Waals surface area contributed by atoms with Crippen molar-refractivity contribution >= 4 is 58.0 Å². The molecule has 0 fully saturated rings. The highest BCUT2D eigenvalue weighted by Crippen LogP contribution is 2.46. The van der Waals surface area contributed by atoms with Gasteiger partial charge < -0.3 is 23.7 Å². The van der Waals surface area contributed by atoms with Gasteiger partial charge in [-0.15, -0.1) is 0 Å². The van der Waals surface area contributed by atoms with Crippen LogP contribution in [-0.2, 0) is 27.2 Å². The maximum atomic E-state index is 6.11. The Morgan fingerprint density at radius 1 is 0.674 bits per heavy atom. The maximum Gasteiger partial charge on any atom is 0.231 e. The molecule has 5 nitrogen and oxygen atoms in total. The molecule has 0 atom stereocenters. The van der Waals surface area contributed by atoms with Crippen molar-refractivity contribution in [3.8, 4) is 11.5 Å². The van der Waals surface area contributed by atoms with Crippen LogP contribution in [0.2, 0.25) is 10.0 Å². The quantitative estimate of drug-likeness (QED) is 0.117. The number of rotatable bonds is 15. The molecule has 10 heteroatoms. The first-order valence-corrected chi connectivity index (χ1v) is 16.3. The van der Waals surface area contributed by atoms with E-state index in [9.17, 15) is 0 Å². The van der Waals surface area contributed by atoms with Gasteiger partial charge in [0.15, 0.2) is 11.5 Å².